The Labute approximate surface area is 137 Å². The Morgan fingerprint density at radius 3 is 2.87 bits per heavy atom. The van der Waals surface area contributed by atoms with Crippen LogP contribution in [0.4, 0.5) is 10.9 Å². The number of nitrogens with two attached hydrogens (primary N) is 1. The van der Waals surface area contributed by atoms with Crippen molar-refractivity contribution in [1.82, 2.24) is 25.1 Å². The molecule has 9 heteroatoms. The molecule has 3 heterocycles. The first-order valence-corrected chi connectivity index (χ1v) is 7.80. The van der Waals surface area contributed by atoms with Gasteiger partial charge < -0.3 is 15.4 Å². The monoisotopic (exact) mass is 331 g/mol. The average molecular weight is 331 g/mol. The molecule has 3 rings (SSSR count). The van der Waals surface area contributed by atoms with Crippen LogP contribution in [0.15, 0.2) is 24.7 Å². The van der Waals surface area contributed by atoms with Gasteiger partial charge in [-0.25, -0.2) is 15.0 Å². The van der Waals surface area contributed by atoms with Crippen LogP contribution in [0.5, 0.6) is 0 Å². The van der Waals surface area contributed by atoms with Crippen LogP contribution in [0.25, 0.3) is 22.0 Å². The van der Waals surface area contributed by atoms with Gasteiger partial charge in [-0.2, -0.15) is 5.10 Å². The van der Waals surface area contributed by atoms with E-state index in [1.54, 1.807) is 31.8 Å². The molecule has 120 valence electrons. The third kappa shape index (κ3) is 3.15. The maximum atomic E-state index is 5.92. The lowest BCUT2D eigenvalue weighted by molar-refractivity contribution is 0.206. The molecule has 0 saturated carbocycles. The largest absolute Gasteiger partial charge is 0.383 e. The first kappa shape index (κ1) is 15.4. The molecule has 0 unspecified atom stereocenters. The lowest BCUT2D eigenvalue weighted by Crippen LogP contribution is -2.23. The molecular formula is C14H17N7OS. The van der Waals surface area contributed by atoms with Gasteiger partial charge in [-0.05, 0) is 6.07 Å². The van der Waals surface area contributed by atoms with Crippen molar-refractivity contribution in [2.24, 2.45) is 0 Å². The van der Waals surface area contributed by atoms with Crippen LogP contribution in [-0.2, 0) is 4.74 Å². The number of rotatable bonds is 6. The molecule has 3 N–H and O–H groups in total. The van der Waals surface area contributed by atoms with Crippen LogP contribution in [0.3, 0.4) is 0 Å². The van der Waals surface area contributed by atoms with Crippen molar-refractivity contribution in [3.8, 4) is 22.0 Å². The Bertz CT molecular complexity index is 771. The second-order valence-electron chi connectivity index (χ2n) is 4.85. The van der Waals surface area contributed by atoms with Crippen LogP contribution in [0.2, 0.25) is 0 Å². The lowest BCUT2D eigenvalue weighted by Gasteiger charge is -2.17. The van der Waals surface area contributed by atoms with Crippen LogP contribution in [-0.4, -0.2) is 52.5 Å². The number of thiazole rings is 1. The molecule has 0 amide bonds. The highest BCUT2D eigenvalue weighted by atomic mass is 32.1. The summed E-state index contributed by atoms with van der Waals surface area (Å²) in [4.78, 5) is 15.9. The number of nitrogen functional groups attached to an aromatic ring is 1. The zero-order chi connectivity index (χ0) is 16.2. The van der Waals surface area contributed by atoms with Crippen molar-refractivity contribution in [2.45, 2.75) is 0 Å². The number of methoxy groups -OCH3 is 1. The second-order valence-corrected chi connectivity index (χ2v) is 5.88. The molecule has 0 aliphatic rings. The summed E-state index contributed by atoms with van der Waals surface area (Å²) >= 11 is 1.36. The van der Waals surface area contributed by atoms with Gasteiger partial charge in [0.25, 0.3) is 0 Å². The Hall–Kier alpha value is -2.52. The van der Waals surface area contributed by atoms with Crippen LogP contribution >= 0.6 is 11.3 Å². The maximum absolute atomic E-state index is 5.92. The van der Waals surface area contributed by atoms with Crippen molar-refractivity contribution >= 4 is 22.3 Å². The fourth-order valence-electron chi connectivity index (χ4n) is 2.17. The first-order chi connectivity index (χ1) is 11.2. The van der Waals surface area contributed by atoms with Crippen LogP contribution in [0, 0.1) is 0 Å². The Morgan fingerprint density at radius 2 is 2.13 bits per heavy atom. The molecule has 23 heavy (non-hydrogen) atoms. The van der Waals surface area contributed by atoms with Crippen LogP contribution in [0.1, 0.15) is 0 Å². The zero-order valence-electron chi connectivity index (χ0n) is 12.9. The van der Waals surface area contributed by atoms with E-state index in [9.17, 15) is 0 Å². The number of ether oxygens (including phenoxy) is 1. The number of aromatic nitrogens is 5. The number of likely N-dealkylation sites (N-methyl/N-ethyl adjacent to an activating group) is 1. The number of anilines is 2. The van der Waals surface area contributed by atoms with E-state index in [1.807, 2.05) is 11.9 Å². The number of nitrogens with zero attached hydrogens (tertiary/aromatic N) is 5. The van der Waals surface area contributed by atoms with Gasteiger partial charge in [-0.1, -0.05) is 11.3 Å². The summed E-state index contributed by atoms with van der Waals surface area (Å²) in [6.45, 7) is 1.34. The lowest BCUT2D eigenvalue weighted by atomic mass is 10.2. The SMILES string of the molecule is COCCN(C)c1[nH]ncc1-c1nc(N)sc1-c1ncccn1. The molecule has 0 spiro atoms. The number of hydrogen-bond acceptors (Lipinski definition) is 8. The molecule has 3 aromatic heterocycles. The Balaban J connectivity index is 2.02. The molecule has 8 nitrogen and oxygen atoms in total. The molecule has 0 aliphatic heterocycles. The van der Waals surface area contributed by atoms with Gasteiger partial charge in [-0.3, -0.25) is 5.10 Å². The Morgan fingerprint density at radius 1 is 1.35 bits per heavy atom. The van der Waals surface area contributed by atoms with Gasteiger partial charge in [0.15, 0.2) is 11.0 Å². The fraction of sp³-hybridized carbons (Fsp3) is 0.286. The van der Waals surface area contributed by atoms with Gasteiger partial charge in [0.1, 0.15) is 10.7 Å². The fourth-order valence-corrected chi connectivity index (χ4v) is 2.97. The summed E-state index contributed by atoms with van der Waals surface area (Å²) < 4.78 is 5.12. The van der Waals surface area contributed by atoms with Gasteiger partial charge in [0.05, 0.1) is 24.1 Å². The second kappa shape index (κ2) is 6.71. The summed E-state index contributed by atoms with van der Waals surface area (Å²) in [7, 11) is 3.64. The van der Waals surface area contributed by atoms with E-state index < -0.39 is 0 Å². The van der Waals surface area contributed by atoms with Gasteiger partial charge >= 0.3 is 0 Å². The molecule has 0 aromatic carbocycles. The molecule has 0 aliphatic carbocycles. The number of hydrogen-bond donors (Lipinski definition) is 2. The van der Waals surface area contributed by atoms with E-state index in [-0.39, 0.29) is 0 Å². The molecular weight excluding hydrogens is 314 g/mol. The minimum atomic E-state index is 0.467. The molecule has 0 fully saturated rings. The van der Waals surface area contributed by atoms with Gasteiger partial charge in [-0.15, -0.1) is 0 Å². The minimum absolute atomic E-state index is 0.467. The van der Waals surface area contributed by atoms with E-state index in [1.165, 1.54) is 11.3 Å². The summed E-state index contributed by atoms with van der Waals surface area (Å²) in [5, 5.41) is 7.62. The Kier molecular flexibility index (Phi) is 4.49. The number of aromatic amines is 1. The standard InChI is InChI=1S/C14H17N7OS/c1-21(6-7-22-2)13-9(8-18-20-13)10-11(23-14(15)19-10)12-16-4-3-5-17-12/h3-5,8H,6-7H2,1-2H3,(H2,15,19)(H,18,20). The maximum Gasteiger partial charge on any atom is 0.181 e. The predicted molar refractivity (Wildman–Crippen MR) is 90.3 cm³/mol. The van der Waals surface area contributed by atoms with Crippen molar-refractivity contribution in [1.29, 1.82) is 0 Å². The summed E-state index contributed by atoms with van der Waals surface area (Å²) in [6, 6.07) is 1.77. The van der Waals surface area contributed by atoms with Crippen LogP contribution < -0.4 is 10.6 Å². The molecule has 0 bridgehead atoms. The highest BCUT2D eigenvalue weighted by molar-refractivity contribution is 7.19. The predicted octanol–water partition coefficient (Wildman–Crippen LogP) is 1.65. The van der Waals surface area contributed by atoms with Crippen molar-refractivity contribution in [2.75, 3.05) is 37.9 Å². The highest BCUT2D eigenvalue weighted by Crippen LogP contribution is 2.39. The molecule has 3 aromatic rings. The quantitative estimate of drug-likeness (QED) is 0.707. The molecule has 0 atom stereocenters. The molecule has 0 saturated heterocycles. The van der Waals surface area contributed by atoms with E-state index in [4.69, 9.17) is 10.5 Å². The minimum Gasteiger partial charge on any atom is -0.383 e. The summed E-state index contributed by atoms with van der Waals surface area (Å²) in [5.41, 5.74) is 7.51. The van der Waals surface area contributed by atoms with Crippen molar-refractivity contribution in [3.63, 3.8) is 0 Å². The third-order valence-corrected chi connectivity index (χ3v) is 4.18. The van der Waals surface area contributed by atoms with Crippen molar-refractivity contribution < 1.29 is 4.74 Å². The summed E-state index contributed by atoms with van der Waals surface area (Å²) in [6.07, 6.45) is 5.13. The average Bonchev–Trinajstić information content (AvgIpc) is 3.19. The highest BCUT2D eigenvalue weighted by Gasteiger charge is 2.21. The summed E-state index contributed by atoms with van der Waals surface area (Å²) in [5.74, 6) is 1.45. The van der Waals surface area contributed by atoms with Gasteiger partial charge in [0, 0.05) is 33.1 Å². The van der Waals surface area contributed by atoms with Gasteiger partial charge in [0.2, 0.25) is 0 Å². The van der Waals surface area contributed by atoms with E-state index >= 15 is 0 Å². The first-order valence-electron chi connectivity index (χ1n) is 6.98. The molecule has 0 radical (unpaired) electrons. The van der Waals surface area contributed by atoms with E-state index in [2.05, 4.69) is 25.1 Å². The normalized spacial score (nSPS) is 10.9. The third-order valence-electron chi connectivity index (χ3n) is 3.30. The van der Waals surface area contributed by atoms with Crippen molar-refractivity contribution in [3.05, 3.63) is 24.7 Å². The smallest absolute Gasteiger partial charge is 0.181 e. The van der Waals surface area contributed by atoms with E-state index in [0.29, 0.717) is 17.6 Å². The zero-order valence-corrected chi connectivity index (χ0v) is 13.7. The van der Waals surface area contributed by atoms with E-state index in [0.717, 1.165) is 28.5 Å². The number of H-pyrrole nitrogens is 1. The number of nitrogens with one attached hydrogen (secondary N) is 1. The topological polar surface area (TPSA) is 106 Å².